The molecule has 152 valence electrons. The minimum atomic E-state index is -0.589. The van der Waals surface area contributed by atoms with Gasteiger partial charge in [0.05, 0.1) is 23.3 Å². The highest BCUT2D eigenvalue weighted by Crippen LogP contribution is 2.24. The molecule has 0 radical (unpaired) electrons. The Balaban J connectivity index is 1.64. The Kier molecular flexibility index (Phi) is 7.59. The first-order valence-corrected chi connectivity index (χ1v) is 10.1. The fourth-order valence-corrected chi connectivity index (χ4v) is 3.04. The molecule has 3 rings (SSSR count). The van der Waals surface area contributed by atoms with E-state index in [4.69, 9.17) is 16.3 Å². The summed E-state index contributed by atoms with van der Waals surface area (Å²) in [6.07, 6.45) is 1.40. The number of hydrogen-bond donors (Lipinski definition) is 2. The van der Waals surface area contributed by atoms with Crippen LogP contribution in [0.1, 0.15) is 15.9 Å². The third-order valence-corrected chi connectivity index (χ3v) is 4.71. The van der Waals surface area contributed by atoms with Crippen LogP contribution < -0.4 is 15.5 Å². The molecule has 30 heavy (non-hydrogen) atoms. The molecule has 0 spiro atoms. The van der Waals surface area contributed by atoms with Gasteiger partial charge in [-0.2, -0.15) is 5.10 Å². The van der Waals surface area contributed by atoms with Crippen LogP contribution in [0.5, 0.6) is 5.75 Å². The summed E-state index contributed by atoms with van der Waals surface area (Å²) in [5.74, 6) is -0.628. The summed E-state index contributed by atoms with van der Waals surface area (Å²) in [6, 6.07) is 21.0. The van der Waals surface area contributed by atoms with Crippen molar-refractivity contribution in [2.24, 2.45) is 5.10 Å². The summed E-state index contributed by atoms with van der Waals surface area (Å²) in [5, 5.41) is 7.24. The van der Waals surface area contributed by atoms with Gasteiger partial charge >= 0.3 is 5.97 Å². The van der Waals surface area contributed by atoms with Gasteiger partial charge in [-0.1, -0.05) is 57.9 Å². The van der Waals surface area contributed by atoms with Gasteiger partial charge in [0, 0.05) is 15.7 Å². The molecular weight excluding hydrogens is 470 g/mol. The molecule has 0 aromatic heterocycles. The normalized spacial score (nSPS) is 10.6. The van der Waals surface area contributed by atoms with Crippen LogP contribution in [0, 0.1) is 0 Å². The van der Waals surface area contributed by atoms with Gasteiger partial charge in [-0.15, -0.1) is 0 Å². The number of halogens is 2. The van der Waals surface area contributed by atoms with Crippen molar-refractivity contribution in [1.82, 2.24) is 5.43 Å². The second kappa shape index (κ2) is 10.6. The Morgan fingerprint density at radius 1 is 1.03 bits per heavy atom. The van der Waals surface area contributed by atoms with Gasteiger partial charge in [-0.05, 0) is 42.5 Å². The standard InChI is InChI=1S/C22H17BrClN3O3/c23-16-10-11-20(30-22(29)18-8-4-5-9-19(18)24)15(12-16)13-26-27-21(28)14-25-17-6-2-1-3-7-17/h1-13,25H,14H2,(H,27,28)/b26-13+. The van der Waals surface area contributed by atoms with E-state index in [1.54, 1.807) is 42.5 Å². The van der Waals surface area contributed by atoms with Crippen LogP contribution in [0.2, 0.25) is 5.02 Å². The first-order valence-electron chi connectivity index (χ1n) is 8.90. The molecule has 1 amide bonds. The maximum Gasteiger partial charge on any atom is 0.345 e. The number of nitrogens with one attached hydrogen (secondary N) is 2. The smallest absolute Gasteiger partial charge is 0.345 e. The van der Waals surface area contributed by atoms with Crippen molar-refractivity contribution in [3.63, 3.8) is 0 Å². The zero-order valence-corrected chi connectivity index (χ0v) is 18.0. The lowest BCUT2D eigenvalue weighted by Gasteiger charge is -2.09. The maximum atomic E-state index is 12.4. The summed E-state index contributed by atoms with van der Waals surface area (Å²) < 4.78 is 6.23. The predicted octanol–water partition coefficient (Wildman–Crippen LogP) is 4.88. The molecule has 0 aliphatic heterocycles. The van der Waals surface area contributed by atoms with Gasteiger partial charge < -0.3 is 10.1 Å². The van der Waals surface area contributed by atoms with Crippen LogP contribution >= 0.6 is 27.5 Å². The van der Waals surface area contributed by atoms with E-state index in [0.717, 1.165) is 10.2 Å². The maximum absolute atomic E-state index is 12.4. The Hall–Kier alpha value is -3.16. The largest absolute Gasteiger partial charge is 0.422 e. The number of hydrazone groups is 1. The first-order chi connectivity index (χ1) is 14.5. The average molecular weight is 487 g/mol. The van der Waals surface area contributed by atoms with Gasteiger partial charge in [0.2, 0.25) is 0 Å². The number of amides is 1. The molecule has 0 aliphatic carbocycles. The molecule has 3 aromatic rings. The van der Waals surface area contributed by atoms with Crippen molar-refractivity contribution in [2.45, 2.75) is 0 Å². The second-order valence-corrected chi connectivity index (χ2v) is 7.39. The fraction of sp³-hybridized carbons (Fsp3) is 0.0455. The molecule has 0 bridgehead atoms. The minimum Gasteiger partial charge on any atom is -0.422 e. The number of benzene rings is 3. The van der Waals surface area contributed by atoms with Crippen molar-refractivity contribution in [3.8, 4) is 5.75 Å². The topological polar surface area (TPSA) is 79.8 Å². The van der Waals surface area contributed by atoms with Gasteiger partial charge in [0.1, 0.15) is 5.75 Å². The molecule has 0 fully saturated rings. The number of nitrogens with zero attached hydrogens (tertiary/aromatic N) is 1. The van der Waals surface area contributed by atoms with Crippen molar-refractivity contribution < 1.29 is 14.3 Å². The van der Waals surface area contributed by atoms with Crippen LogP contribution in [0.4, 0.5) is 5.69 Å². The lowest BCUT2D eigenvalue weighted by Crippen LogP contribution is -2.25. The minimum absolute atomic E-state index is 0.0637. The second-order valence-electron chi connectivity index (χ2n) is 6.06. The Morgan fingerprint density at radius 3 is 2.53 bits per heavy atom. The average Bonchev–Trinajstić information content (AvgIpc) is 2.75. The van der Waals surface area contributed by atoms with Crippen LogP contribution in [-0.2, 0) is 4.79 Å². The summed E-state index contributed by atoms with van der Waals surface area (Å²) in [5.41, 5.74) is 4.02. The van der Waals surface area contributed by atoms with E-state index in [1.165, 1.54) is 6.21 Å². The van der Waals surface area contributed by atoms with Crippen molar-refractivity contribution >= 4 is 51.3 Å². The van der Waals surface area contributed by atoms with Crippen molar-refractivity contribution in [2.75, 3.05) is 11.9 Å². The van der Waals surface area contributed by atoms with Gasteiger partial charge in [0.25, 0.3) is 5.91 Å². The van der Waals surface area contributed by atoms with E-state index in [-0.39, 0.29) is 23.8 Å². The van der Waals surface area contributed by atoms with E-state index in [9.17, 15) is 9.59 Å². The monoisotopic (exact) mass is 485 g/mol. The van der Waals surface area contributed by atoms with E-state index in [2.05, 4.69) is 31.8 Å². The molecule has 0 saturated heterocycles. The summed E-state index contributed by atoms with van der Waals surface area (Å²) in [7, 11) is 0. The molecule has 0 unspecified atom stereocenters. The SMILES string of the molecule is O=C(CNc1ccccc1)N/N=C/c1cc(Br)ccc1OC(=O)c1ccccc1Cl. The van der Waals surface area contributed by atoms with Gasteiger partial charge in [-0.25, -0.2) is 10.2 Å². The number of carbonyl (C=O) groups excluding carboxylic acids is 2. The molecule has 0 aliphatic rings. The third-order valence-electron chi connectivity index (χ3n) is 3.89. The van der Waals surface area contributed by atoms with Crippen LogP contribution in [0.3, 0.4) is 0 Å². The Morgan fingerprint density at radius 2 is 1.77 bits per heavy atom. The third kappa shape index (κ3) is 6.17. The summed E-state index contributed by atoms with van der Waals surface area (Å²) >= 11 is 9.42. The Bertz CT molecular complexity index is 1070. The number of para-hydroxylation sites is 1. The quantitative estimate of drug-likeness (QED) is 0.216. The molecule has 0 heterocycles. The number of hydrogen-bond acceptors (Lipinski definition) is 5. The van der Waals surface area contributed by atoms with Crippen LogP contribution in [0.25, 0.3) is 0 Å². The molecule has 3 aromatic carbocycles. The highest BCUT2D eigenvalue weighted by atomic mass is 79.9. The zero-order chi connectivity index (χ0) is 21.3. The number of esters is 1. The fourth-order valence-electron chi connectivity index (χ4n) is 2.45. The molecule has 6 nitrogen and oxygen atoms in total. The van der Waals surface area contributed by atoms with E-state index in [0.29, 0.717) is 10.6 Å². The van der Waals surface area contributed by atoms with Crippen LogP contribution in [-0.4, -0.2) is 24.6 Å². The van der Waals surface area contributed by atoms with Crippen LogP contribution in [0.15, 0.2) is 82.4 Å². The highest BCUT2D eigenvalue weighted by Gasteiger charge is 2.14. The molecule has 8 heteroatoms. The lowest BCUT2D eigenvalue weighted by atomic mass is 10.2. The highest BCUT2D eigenvalue weighted by molar-refractivity contribution is 9.10. The van der Waals surface area contributed by atoms with Gasteiger partial charge in [0.15, 0.2) is 0 Å². The lowest BCUT2D eigenvalue weighted by molar-refractivity contribution is -0.119. The number of carbonyl (C=O) groups is 2. The Labute approximate surface area is 187 Å². The van der Waals surface area contributed by atoms with Gasteiger partial charge in [-0.3, -0.25) is 4.79 Å². The predicted molar refractivity (Wildman–Crippen MR) is 121 cm³/mol. The molecule has 0 saturated carbocycles. The molecular formula is C22H17BrClN3O3. The van der Waals surface area contributed by atoms with E-state index < -0.39 is 5.97 Å². The van der Waals surface area contributed by atoms with Crippen molar-refractivity contribution in [1.29, 1.82) is 0 Å². The zero-order valence-electron chi connectivity index (χ0n) is 15.6. The number of ether oxygens (including phenoxy) is 1. The number of anilines is 1. The van der Waals surface area contributed by atoms with Crippen molar-refractivity contribution in [3.05, 3.63) is 93.4 Å². The molecule has 0 atom stereocenters. The molecule has 2 N–H and O–H groups in total. The summed E-state index contributed by atoms with van der Waals surface area (Å²) in [6.45, 7) is 0.0637. The van der Waals surface area contributed by atoms with E-state index in [1.807, 2.05) is 30.3 Å². The first kappa shape index (κ1) is 21.5. The summed E-state index contributed by atoms with van der Waals surface area (Å²) in [4.78, 5) is 24.4. The number of rotatable bonds is 7. The van der Waals surface area contributed by atoms with E-state index >= 15 is 0 Å².